The molecule has 0 radical (unpaired) electrons. The van der Waals surface area contributed by atoms with Gasteiger partial charge in [0, 0.05) is 37.4 Å². The number of carbonyl (C=O) groups is 1. The molecule has 1 atom stereocenters. The van der Waals surface area contributed by atoms with Gasteiger partial charge in [0.25, 0.3) is 0 Å². The van der Waals surface area contributed by atoms with Crippen molar-refractivity contribution in [2.24, 2.45) is 5.92 Å². The topological polar surface area (TPSA) is 64.1 Å². The highest BCUT2D eigenvalue weighted by molar-refractivity contribution is 5.92. The van der Waals surface area contributed by atoms with Gasteiger partial charge >= 0.3 is 0 Å². The lowest BCUT2D eigenvalue weighted by Crippen LogP contribution is -2.24. The zero-order valence-electron chi connectivity index (χ0n) is 11.0. The van der Waals surface area contributed by atoms with Gasteiger partial charge in [-0.15, -0.1) is 0 Å². The maximum absolute atomic E-state index is 12.3. The molecule has 2 aliphatic rings. The van der Waals surface area contributed by atoms with E-state index in [1.54, 1.807) is 12.4 Å². The van der Waals surface area contributed by atoms with Gasteiger partial charge in [0.1, 0.15) is 0 Å². The molecule has 3 rings (SSSR count). The Morgan fingerprint density at radius 3 is 2.84 bits per heavy atom. The van der Waals surface area contributed by atoms with Crippen LogP contribution >= 0.6 is 0 Å². The molecule has 1 unspecified atom stereocenters. The summed E-state index contributed by atoms with van der Waals surface area (Å²) in [5.74, 6) is 1.24. The lowest BCUT2D eigenvalue weighted by atomic mass is 10.00. The Morgan fingerprint density at radius 1 is 1.16 bits per heavy atom. The quantitative estimate of drug-likeness (QED) is 0.905. The fourth-order valence-electron chi connectivity index (χ4n) is 2.49. The first-order valence-electron chi connectivity index (χ1n) is 7.04. The predicted octanol–water partition coefficient (Wildman–Crippen LogP) is 2.11. The van der Waals surface area contributed by atoms with E-state index in [4.69, 9.17) is 4.74 Å². The molecular formula is C14H19N3O2. The van der Waals surface area contributed by atoms with Crippen molar-refractivity contribution >= 4 is 11.7 Å². The van der Waals surface area contributed by atoms with Crippen molar-refractivity contribution in [1.82, 2.24) is 9.97 Å². The van der Waals surface area contributed by atoms with E-state index in [9.17, 15) is 4.79 Å². The number of nitrogens with zero attached hydrogens (tertiary/aromatic N) is 2. The van der Waals surface area contributed by atoms with Crippen molar-refractivity contribution in [1.29, 1.82) is 0 Å². The van der Waals surface area contributed by atoms with Gasteiger partial charge in [-0.25, -0.2) is 4.98 Å². The van der Waals surface area contributed by atoms with E-state index in [1.165, 1.54) is 0 Å². The number of hydrogen-bond acceptors (Lipinski definition) is 4. The second kappa shape index (κ2) is 5.65. The first kappa shape index (κ1) is 12.5. The average Bonchev–Trinajstić information content (AvgIpc) is 3.26. The molecule has 1 amide bonds. The summed E-state index contributed by atoms with van der Waals surface area (Å²) in [6.45, 7) is 1.44. The molecule has 1 N–H and O–H groups in total. The van der Waals surface area contributed by atoms with E-state index in [0.717, 1.165) is 44.4 Å². The lowest BCUT2D eigenvalue weighted by molar-refractivity contribution is -0.120. The summed E-state index contributed by atoms with van der Waals surface area (Å²) < 4.78 is 5.39. The highest BCUT2D eigenvalue weighted by Gasteiger charge is 2.29. The van der Waals surface area contributed by atoms with Gasteiger partial charge in [-0.2, -0.15) is 0 Å². The van der Waals surface area contributed by atoms with Crippen LogP contribution in [-0.4, -0.2) is 29.1 Å². The molecule has 19 heavy (non-hydrogen) atoms. The minimum Gasteiger partial charge on any atom is -0.381 e. The smallest absolute Gasteiger partial charge is 0.228 e. The molecule has 1 saturated carbocycles. The lowest BCUT2D eigenvalue weighted by Gasteiger charge is -2.14. The first-order chi connectivity index (χ1) is 9.34. The minimum absolute atomic E-state index is 0.0385. The molecule has 1 aliphatic carbocycles. The summed E-state index contributed by atoms with van der Waals surface area (Å²) in [6, 6.07) is 0. The van der Waals surface area contributed by atoms with Crippen molar-refractivity contribution in [2.45, 2.75) is 38.0 Å². The van der Waals surface area contributed by atoms with Crippen LogP contribution in [0.15, 0.2) is 12.4 Å². The maximum atomic E-state index is 12.3. The minimum atomic E-state index is 0.0385. The second-order valence-electron chi connectivity index (χ2n) is 5.29. The molecule has 0 spiro atoms. The molecule has 0 aromatic carbocycles. The predicted molar refractivity (Wildman–Crippen MR) is 70.8 cm³/mol. The van der Waals surface area contributed by atoms with Gasteiger partial charge in [-0.1, -0.05) is 0 Å². The fraction of sp³-hybridized carbons (Fsp3) is 0.643. The van der Waals surface area contributed by atoms with E-state index >= 15 is 0 Å². The Kier molecular flexibility index (Phi) is 3.73. The van der Waals surface area contributed by atoms with Crippen LogP contribution in [0.25, 0.3) is 0 Å². The molecular weight excluding hydrogens is 242 g/mol. The zero-order valence-corrected chi connectivity index (χ0v) is 11.0. The average molecular weight is 261 g/mol. The van der Waals surface area contributed by atoms with Crippen molar-refractivity contribution in [3.8, 4) is 0 Å². The standard InChI is InChI=1S/C14H19N3O2/c18-14(11-2-1-8-19-9-5-11)17-13-12(10-3-4-10)15-6-7-16-13/h6-7,10-11H,1-5,8-9H2,(H,16,17,18). The Hall–Kier alpha value is -1.49. The number of nitrogens with one attached hydrogen (secondary N) is 1. The van der Waals surface area contributed by atoms with E-state index in [0.29, 0.717) is 18.3 Å². The van der Waals surface area contributed by atoms with E-state index in [2.05, 4.69) is 15.3 Å². The van der Waals surface area contributed by atoms with Crippen LogP contribution in [0.3, 0.4) is 0 Å². The van der Waals surface area contributed by atoms with Gasteiger partial charge in [-0.3, -0.25) is 9.78 Å². The van der Waals surface area contributed by atoms with Gasteiger partial charge in [0.2, 0.25) is 5.91 Å². The fourth-order valence-corrected chi connectivity index (χ4v) is 2.49. The third kappa shape index (κ3) is 3.10. The third-order valence-electron chi connectivity index (χ3n) is 3.75. The van der Waals surface area contributed by atoms with Gasteiger partial charge in [0.05, 0.1) is 5.69 Å². The summed E-state index contributed by atoms with van der Waals surface area (Å²) in [5, 5.41) is 2.96. The SMILES string of the molecule is O=C(Nc1nccnc1C1CC1)C1CCCOCC1. The highest BCUT2D eigenvalue weighted by Crippen LogP contribution is 2.41. The Balaban J connectivity index is 1.68. The summed E-state index contributed by atoms with van der Waals surface area (Å²) in [5.41, 5.74) is 0.945. The molecule has 1 aromatic heterocycles. The van der Waals surface area contributed by atoms with E-state index in [-0.39, 0.29) is 11.8 Å². The molecule has 5 nitrogen and oxygen atoms in total. The Morgan fingerprint density at radius 2 is 2.00 bits per heavy atom. The Labute approximate surface area is 112 Å². The van der Waals surface area contributed by atoms with Crippen LogP contribution in [0.2, 0.25) is 0 Å². The van der Waals surface area contributed by atoms with Crippen molar-refractivity contribution < 1.29 is 9.53 Å². The molecule has 2 fully saturated rings. The number of ether oxygens (including phenoxy) is 1. The number of aromatic nitrogens is 2. The van der Waals surface area contributed by atoms with Crippen LogP contribution in [0.4, 0.5) is 5.82 Å². The molecule has 0 bridgehead atoms. The first-order valence-corrected chi connectivity index (χ1v) is 7.04. The maximum Gasteiger partial charge on any atom is 0.228 e. The summed E-state index contributed by atoms with van der Waals surface area (Å²) >= 11 is 0. The number of carbonyl (C=O) groups excluding carboxylic acids is 1. The van der Waals surface area contributed by atoms with Crippen LogP contribution in [0, 0.1) is 5.92 Å². The third-order valence-corrected chi connectivity index (χ3v) is 3.75. The van der Waals surface area contributed by atoms with Crippen molar-refractivity contribution in [3.05, 3.63) is 18.1 Å². The van der Waals surface area contributed by atoms with Gasteiger partial charge < -0.3 is 10.1 Å². The molecule has 1 saturated heterocycles. The molecule has 1 aliphatic heterocycles. The largest absolute Gasteiger partial charge is 0.381 e. The van der Waals surface area contributed by atoms with Crippen LogP contribution < -0.4 is 5.32 Å². The number of hydrogen-bond donors (Lipinski definition) is 1. The summed E-state index contributed by atoms with van der Waals surface area (Å²) in [7, 11) is 0. The molecule has 2 heterocycles. The van der Waals surface area contributed by atoms with Crippen LogP contribution in [0.5, 0.6) is 0 Å². The Bertz CT molecular complexity index is 452. The van der Waals surface area contributed by atoms with E-state index in [1.807, 2.05) is 0 Å². The number of rotatable bonds is 3. The van der Waals surface area contributed by atoms with Gasteiger partial charge in [0.15, 0.2) is 5.82 Å². The monoisotopic (exact) mass is 261 g/mol. The van der Waals surface area contributed by atoms with Crippen molar-refractivity contribution in [2.75, 3.05) is 18.5 Å². The molecule has 1 aromatic rings. The molecule has 102 valence electrons. The summed E-state index contributed by atoms with van der Waals surface area (Å²) in [6.07, 6.45) is 8.28. The van der Waals surface area contributed by atoms with Gasteiger partial charge in [-0.05, 0) is 32.1 Å². The molecule has 5 heteroatoms. The summed E-state index contributed by atoms with van der Waals surface area (Å²) in [4.78, 5) is 20.9. The highest BCUT2D eigenvalue weighted by atomic mass is 16.5. The second-order valence-corrected chi connectivity index (χ2v) is 5.29. The number of anilines is 1. The van der Waals surface area contributed by atoms with Crippen LogP contribution in [0.1, 0.15) is 43.7 Å². The van der Waals surface area contributed by atoms with Crippen molar-refractivity contribution in [3.63, 3.8) is 0 Å². The number of amides is 1. The van der Waals surface area contributed by atoms with E-state index < -0.39 is 0 Å². The van der Waals surface area contributed by atoms with Crippen LogP contribution in [-0.2, 0) is 9.53 Å². The zero-order chi connectivity index (χ0) is 13.1. The normalized spacial score (nSPS) is 23.7.